The smallest absolute Gasteiger partial charge is 0.581 e. The zero-order valence-electron chi connectivity index (χ0n) is 12.7. The monoisotopic (exact) mass is 344 g/mol. The maximum Gasteiger partial charge on any atom is 1.00 e. The molecular weight excluding hydrogens is 335 g/mol. The number of nitrogens with zero attached hydrogens (tertiary/aromatic N) is 4. The first-order valence-corrected chi connectivity index (χ1v) is 7.59. The van der Waals surface area contributed by atoms with Gasteiger partial charge in [-0.2, -0.15) is 0 Å². The van der Waals surface area contributed by atoms with Gasteiger partial charge < -0.3 is 14.9 Å². The molecule has 0 spiro atoms. The van der Waals surface area contributed by atoms with E-state index in [1.165, 1.54) is 0 Å². The summed E-state index contributed by atoms with van der Waals surface area (Å²) in [4.78, 5) is 31.5. The van der Waals surface area contributed by atoms with Crippen LogP contribution in [-0.2, 0) is 4.79 Å². The minimum absolute atomic E-state index is 0. The number of carbonyl (C=O) groups excluding carboxylic acids is 2. The van der Waals surface area contributed by atoms with Gasteiger partial charge in [0.1, 0.15) is 10.9 Å². The molecule has 4 rings (SSSR count). The van der Waals surface area contributed by atoms with Crippen molar-refractivity contribution in [3.8, 4) is 11.3 Å². The number of imidazole rings is 1. The van der Waals surface area contributed by atoms with Crippen LogP contribution in [0.15, 0.2) is 54.0 Å². The second kappa shape index (κ2) is 6.90. The first kappa shape index (κ1) is 16.9. The first-order chi connectivity index (χ1) is 11.2. The number of imide groups is 1. The molecule has 0 N–H and O–H groups in total. The number of hydrogen-bond donors (Lipinski definition) is 0. The van der Waals surface area contributed by atoms with Crippen molar-refractivity contribution in [1.29, 1.82) is 0 Å². The summed E-state index contributed by atoms with van der Waals surface area (Å²) in [6.07, 6.45) is 8.78. The summed E-state index contributed by atoms with van der Waals surface area (Å²) < 4.78 is 1.94. The summed E-state index contributed by atoms with van der Waals surface area (Å²) in [5.74, 6) is -0.486. The van der Waals surface area contributed by atoms with Crippen LogP contribution in [0, 0.1) is 0 Å². The SMILES string of the molecule is O=C1[N-]C(=O)/C(=C/c2ccc3ncc(-c4ccncc4)n3c2)S1.[Na+]. The number of hydrogen-bond acceptors (Lipinski definition) is 5. The molecule has 1 fully saturated rings. The molecule has 0 aromatic carbocycles. The molecule has 3 aromatic heterocycles. The maximum atomic E-state index is 11.6. The Balaban J connectivity index is 0.00000169. The van der Waals surface area contributed by atoms with E-state index in [0.29, 0.717) is 4.91 Å². The summed E-state index contributed by atoms with van der Waals surface area (Å²) in [5.41, 5.74) is 3.51. The van der Waals surface area contributed by atoms with Crippen molar-refractivity contribution < 1.29 is 39.1 Å². The van der Waals surface area contributed by atoms with E-state index in [4.69, 9.17) is 0 Å². The number of pyridine rings is 2. The molecule has 112 valence electrons. The first-order valence-electron chi connectivity index (χ1n) is 6.78. The van der Waals surface area contributed by atoms with E-state index in [-0.39, 0.29) is 29.6 Å². The van der Waals surface area contributed by atoms with Gasteiger partial charge in [-0.3, -0.25) is 9.38 Å². The van der Waals surface area contributed by atoms with Crippen molar-refractivity contribution in [2.45, 2.75) is 0 Å². The summed E-state index contributed by atoms with van der Waals surface area (Å²) >= 11 is 0.849. The second-order valence-electron chi connectivity index (χ2n) is 4.86. The minimum Gasteiger partial charge on any atom is -0.581 e. The summed E-state index contributed by atoms with van der Waals surface area (Å²) in [7, 11) is 0. The van der Waals surface area contributed by atoms with Crippen LogP contribution < -0.4 is 29.6 Å². The Morgan fingerprint density at radius 3 is 2.62 bits per heavy atom. The second-order valence-corrected chi connectivity index (χ2v) is 5.86. The summed E-state index contributed by atoms with van der Waals surface area (Å²) in [6.45, 7) is 0. The van der Waals surface area contributed by atoms with Crippen molar-refractivity contribution in [3.05, 3.63) is 64.8 Å². The van der Waals surface area contributed by atoms with Gasteiger partial charge in [0.2, 0.25) is 0 Å². The van der Waals surface area contributed by atoms with Crippen LogP contribution in [0.5, 0.6) is 0 Å². The van der Waals surface area contributed by atoms with E-state index >= 15 is 0 Å². The van der Waals surface area contributed by atoms with Crippen LogP contribution >= 0.6 is 11.8 Å². The van der Waals surface area contributed by atoms with Crippen molar-refractivity contribution in [1.82, 2.24) is 14.4 Å². The van der Waals surface area contributed by atoms with E-state index in [1.54, 1.807) is 24.7 Å². The quantitative estimate of drug-likeness (QED) is 0.500. The van der Waals surface area contributed by atoms with Gasteiger partial charge >= 0.3 is 29.6 Å². The molecule has 0 bridgehead atoms. The molecule has 24 heavy (non-hydrogen) atoms. The third kappa shape index (κ3) is 3.16. The van der Waals surface area contributed by atoms with E-state index < -0.39 is 11.1 Å². The van der Waals surface area contributed by atoms with Crippen molar-refractivity contribution in [3.63, 3.8) is 0 Å². The van der Waals surface area contributed by atoms with Crippen molar-refractivity contribution in [2.24, 2.45) is 0 Å². The Morgan fingerprint density at radius 1 is 1.12 bits per heavy atom. The van der Waals surface area contributed by atoms with Crippen LogP contribution in [-0.4, -0.2) is 25.5 Å². The zero-order valence-corrected chi connectivity index (χ0v) is 15.5. The van der Waals surface area contributed by atoms with E-state index in [9.17, 15) is 9.59 Å². The number of amides is 2. The largest absolute Gasteiger partial charge is 1.00 e. The van der Waals surface area contributed by atoms with Gasteiger partial charge in [0, 0.05) is 29.1 Å². The molecule has 1 aliphatic rings. The number of fused-ring (bicyclic) bond motifs is 1. The van der Waals surface area contributed by atoms with Gasteiger partial charge in [0.15, 0.2) is 0 Å². The fraction of sp³-hybridized carbons (Fsp3) is 0. The fourth-order valence-electron chi connectivity index (χ4n) is 2.36. The molecule has 1 aliphatic heterocycles. The summed E-state index contributed by atoms with van der Waals surface area (Å²) in [6, 6.07) is 7.52. The predicted octanol–water partition coefficient (Wildman–Crippen LogP) is 0.508. The van der Waals surface area contributed by atoms with E-state index in [0.717, 1.165) is 34.2 Å². The maximum absolute atomic E-state index is 11.6. The molecule has 0 unspecified atom stereocenters. The molecule has 8 heteroatoms. The average Bonchev–Trinajstić information content (AvgIpc) is 3.11. The number of thioether (sulfide) groups is 1. The number of rotatable bonds is 2. The molecule has 0 atom stereocenters. The zero-order chi connectivity index (χ0) is 15.8. The van der Waals surface area contributed by atoms with Gasteiger partial charge in [-0.15, -0.1) is 0 Å². The molecule has 1 saturated heterocycles. The molecule has 0 saturated carbocycles. The van der Waals surface area contributed by atoms with Gasteiger partial charge in [-0.1, -0.05) is 11.8 Å². The third-order valence-electron chi connectivity index (χ3n) is 3.40. The molecule has 2 amide bonds. The molecule has 3 aromatic rings. The van der Waals surface area contributed by atoms with Crippen LogP contribution in [0.4, 0.5) is 4.79 Å². The Morgan fingerprint density at radius 2 is 1.92 bits per heavy atom. The Bertz CT molecular complexity index is 969. The Kier molecular flexibility index (Phi) is 4.86. The molecule has 4 heterocycles. The molecule has 6 nitrogen and oxygen atoms in total. The number of carbonyl (C=O) groups is 2. The standard InChI is InChI=1S/C16H10N4O2S.Na/c21-15-13(23-16(22)19-15)7-10-1-2-14-18-8-12(20(14)9-10)11-3-5-17-6-4-11;/h1-9H,(H,19,21,22);/q;+1/p-1/b13-7-;. The van der Waals surface area contributed by atoms with Crippen LogP contribution in [0.3, 0.4) is 0 Å². The number of aromatic nitrogens is 3. The van der Waals surface area contributed by atoms with E-state index in [1.807, 2.05) is 34.9 Å². The van der Waals surface area contributed by atoms with Gasteiger partial charge in [0.05, 0.1) is 17.8 Å². The summed E-state index contributed by atoms with van der Waals surface area (Å²) in [5, 5.41) is 2.90. The Labute approximate surface area is 163 Å². The van der Waals surface area contributed by atoms with Crippen LogP contribution in [0.25, 0.3) is 28.3 Å². The minimum atomic E-state index is -0.486. The molecule has 0 aliphatic carbocycles. The van der Waals surface area contributed by atoms with Gasteiger partial charge in [-0.25, -0.2) is 4.98 Å². The van der Waals surface area contributed by atoms with Crippen molar-refractivity contribution >= 4 is 34.6 Å². The van der Waals surface area contributed by atoms with Crippen LogP contribution in [0.1, 0.15) is 5.56 Å². The van der Waals surface area contributed by atoms with Gasteiger partial charge in [0.25, 0.3) is 0 Å². The fourth-order valence-corrected chi connectivity index (χ4v) is 3.00. The molecule has 0 radical (unpaired) electrons. The average molecular weight is 344 g/mol. The normalized spacial score (nSPS) is 15.6. The van der Waals surface area contributed by atoms with E-state index in [2.05, 4.69) is 15.3 Å². The van der Waals surface area contributed by atoms with Gasteiger partial charge in [-0.05, 0) is 35.9 Å². The van der Waals surface area contributed by atoms with Crippen molar-refractivity contribution in [2.75, 3.05) is 0 Å². The topological polar surface area (TPSA) is 78.4 Å². The third-order valence-corrected chi connectivity index (χ3v) is 4.18. The predicted molar refractivity (Wildman–Crippen MR) is 87.8 cm³/mol. The molecular formula is C16H9N4NaO2S. The van der Waals surface area contributed by atoms with Crippen LogP contribution in [0.2, 0.25) is 0 Å². The Hall–Kier alpha value is -1.93.